The Labute approximate surface area is 209 Å². The van der Waals surface area contributed by atoms with Crippen LogP contribution in [-0.2, 0) is 10.1 Å². The van der Waals surface area contributed by atoms with E-state index >= 15 is 0 Å². The number of hydrogen-bond donors (Lipinski definition) is 4. The van der Waals surface area contributed by atoms with Gasteiger partial charge in [-0.15, -0.1) is 0 Å². The molecule has 0 amide bonds. The number of aliphatic hydroxyl groups excluding tert-OH is 1. The van der Waals surface area contributed by atoms with Crippen molar-refractivity contribution in [3.63, 3.8) is 0 Å². The largest absolute Gasteiger partial charge is 0.507 e. The summed E-state index contributed by atoms with van der Waals surface area (Å²) in [6, 6.07) is 4.13. The summed E-state index contributed by atoms with van der Waals surface area (Å²) in [6.45, 7) is 0.497. The number of phenolic OH excluding ortho intramolecular Hbond substituents is 2. The molecule has 13 heteroatoms. The molecule has 2 atom stereocenters. The molecule has 1 fully saturated rings. The van der Waals surface area contributed by atoms with Gasteiger partial charge in [0.2, 0.25) is 0 Å². The highest BCUT2D eigenvalue weighted by atomic mass is 35.5. The number of fused-ring (bicyclic) bond motifs is 1. The van der Waals surface area contributed by atoms with Crippen LogP contribution >= 0.6 is 23.2 Å². The van der Waals surface area contributed by atoms with Gasteiger partial charge >= 0.3 is 0 Å². The second-order valence-corrected chi connectivity index (χ2v) is 10.4. The van der Waals surface area contributed by atoms with Crippen LogP contribution < -0.4 is 5.43 Å². The van der Waals surface area contributed by atoms with Gasteiger partial charge in [-0.25, -0.2) is 4.39 Å². The van der Waals surface area contributed by atoms with Gasteiger partial charge in [0.05, 0.1) is 22.9 Å². The van der Waals surface area contributed by atoms with Crippen molar-refractivity contribution in [1.29, 1.82) is 0 Å². The molecule has 0 bridgehead atoms. The average Bonchev–Trinajstić information content (AvgIpc) is 3.08. The number of phenols is 2. The van der Waals surface area contributed by atoms with Crippen LogP contribution in [0, 0.1) is 5.82 Å². The molecule has 0 spiro atoms. The number of aliphatic hydroxyl groups is 1. The van der Waals surface area contributed by atoms with Gasteiger partial charge in [0.25, 0.3) is 10.1 Å². The maximum absolute atomic E-state index is 14.0. The van der Waals surface area contributed by atoms with Crippen molar-refractivity contribution >= 4 is 44.3 Å². The fraction of sp³-hybridized carbons (Fsp3) is 0.318. The molecular weight excluding hydrogens is 528 g/mol. The van der Waals surface area contributed by atoms with Gasteiger partial charge in [-0.3, -0.25) is 9.35 Å². The minimum Gasteiger partial charge on any atom is -0.507 e. The Morgan fingerprint density at radius 3 is 2.37 bits per heavy atom. The zero-order valence-electron chi connectivity index (χ0n) is 18.5. The predicted molar refractivity (Wildman–Crippen MR) is 130 cm³/mol. The molecule has 0 radical (unpaired) electrons. The number of rotatable bonds is 3. The second-order valence-electron chi connectivity index (χ2n) is 8.11. The molecule has 1 aliphatic rings. The Hall–Kier alpha value is -2.41. The van der Waals surface area contributed by atoms with Gasteiger partial charge in [-0.05, 0) is 32.1 Å². The summed E-state index contributed by atoms with van der Waals surface area (Å²) in [5.74, 6) is -1.82. The molecular formula is C22H22Cl2FNO8S. The van der Waals surface area contributed by atoms with E-state index in [4.69, 9.17) is 32.2 Å². The molecule has 190 valence electrons. The van der Waals surface area contributed by atoms with Crippen LogP contribution in [-0.4, -0.2) is 65.7 Å². The number of aromatic hydroxyl groups is 2. The average molecular weight is 550 g/mol. The van der Waals surface area contributed by atoms with Gasteiger partial charge in [0.15, 0.2) is 5.43 Å². The van der Waals surface area contributed by atoms with Crippen molar-refractivity contribution in [3.8, 4) is 22.8 Å². The topological polar surface area (TPSA) is 149 Å². The van der Waals surface area contributed by atoms with E-state index in [1.165, 1.54) is 6.07 Å². The Balaban J connectivity index is 0.000000623. The number of nitrogens with zero attached hydrogens (tertiary/aromatic N) is 1. The number of likely N-dealkylation sites (tertiary alicyclic amines) is 1. The van der Waals surface area contributed by atoms with E-state index in [2.05, 4.69) is 0 Å². The Morgan fingerprint density at radius 2 is 1.77 bits per heavy atom. The predicted octanol–water partition coefficient (Wildman–Crippen LogP) is 3.60. The van der Waals surface area contributed by atoms with E-state index in [1.54, 1.807) is 0 Å². The smallest absolute Gasteiger partial charge is 0.261 e. The first kappa shape index (κ1) is 27.2. The SMILES string of the molecule is CN1CC[C@@H](c2c(O)cc(O)c3c(=O)cc(-c4cc(F)c(Cl)cc4Cl)oc23)[C@@H]1CO.CS(=O)(=O)O. The zero-order chi connectivity index (χ0) is 26.2. The second kappa shape index (κ2) is 10.3. The first-order valence-electron chi connectivity index (χ1n) is 10.1. The van der Waals surface area contributed by atoms with Crippen LogP contribution in [0.3, 0.4) is 0 Å². The van der Waals surface area contributed by atoms with E-state index in [9.17, 15) is 32.9 Å². The summed E-state index contributed by atoms with van der Waals surface area (Å²) < 4.78 is 45.8. The van der Waals surface area contributed by atoms with Crippen LogP contribution in [0.15, 0.2) is 33.5 Å². The van der Waals surface area contributed by atoms with Gasteiger partial charge in [0, 0.05) is 35.2 Å². The lowest BCUT2D eigenvalue weighted by Crippen LogP contribution is -2.32. The first-order chi connectivity index (χ1) is 16.2. The van der Waals surface area contributed by atoms with Crippen LogP contribution in [0.4, 0.5) is 4.39 Å². The third kappa shape index (κ3) is 5.88. The zero-order valence-corrected chi connectivity index (χ0v) is 20.8. The van der Waals surface area contributed by atoms with Crippen LogP contribution in [0.25, 0.3) is 22.3 Å². The molecule has 4 rings (SSSR count). The summed E-state index contributed by atoms with van der Waals surface area (Å²) in [5, 5.41) is 30.5. The molecule has 3 aromatic rings. The number of hydrogen-bond acceptors (Lipinski definition) is 8. The van der Waals surface area contributed by atoms with E-state index < -0.39 is 27.1 Å². The van der Waals surface area contributed by atoms with E-state index in [-0.39, 0.29) is 56.7 Å². The summed E-state index contributed by atoms with van der Waals surface area (Å²) in [7, 11) is -1.82. The molecule has 0 unspecified atom stereocenters. The molecule has 4 N–H and O–H groups in total. The maximum Gasteiger partial charge on any atom is 0.261 e. The normalized spacial score (nSPS) is 18.5. The van der Waals surface area contributed by atoms with Crippen molar-refractivity contribution in [3.05, 3.63) is 55.9 Å². The van der Waals surface area contributed by atoms with Gasteiger partial charge in [-0.2, -0.15) is 8.42 Å². The molecule has 1 aliphatic heterocycles. The van der Waals surface area contributed by atoms with Crippen LogP contribution in [0.2, 0.25) is 10.0 Å². The van der Waals surface area contributed by atoms with Crippen molar-refractivity contribution in [2.24, 2.45) is 0 Å². The molecule has 0 saturated carbocycles. The molecule has 2 aromatic carbocycles. The Bertz CT molecular complexity index is 1440. The third-order valence-electron chi connectivity index (χ3n) is 5.65. The summed E-state index contributed by atoms with van der Waals surface area (Å²) in [6.07, 6.45) is 1.31. The fourth-order valence-corrected chi connectivity index (χ4v) is 4.61. The number of likely N-dealkylation sites (N-methyl/N-ethyl adjacent to an activating group) is 1. The third-order valence-corrected chi connectivity index (χ3v) is 6.26. The van der Waals surface area contributed by atoms with E-state index in [0.717, 1.165) is 18.2 Å². The van der Waals surface area contributed by atoms with Gasteiger partial charge < -0.3 is 24.6 Å². The summed E-state index contributed by atoms with van der Waals surface area (Å²) >= 11 is 11.9. The standard InChI is InChI=1S/C21H18Cl2FNO5.CH4O3S/c1-25-3-2-9(14(25)8-26)19-15(27)6-16(28)20-17(29)7-18(30-21(19)20)10-4-13(24)12(23)5-11(10)22;1-5(2,3)4/h4-7,9,14,26-28H,2-3,8H2,1H3;1H3,(H,2,3,4)/t9-,14+;/m1./s1. The van der Waals surface area contributed by atoms with Crippen LogP contribution in [0.1, 0.15) is 17.9 Å². The molecule has 1 saturated heterocycles. The monoisotopic (exact) mass is 549 g/mol. The molecule has 9 nitrogen and oxygen atoms in total. The molecule has 0 aliphatic carbocycles. The molecule has 1 aromatic heterocycles. The lowest BCUT2D eigenvalue weighted by molar-refractivity contribution is 0.172. The quantitative estimate of drug-likeness (QED) is 0.284. The summed E-state index contributed by atoms with van der Waals surface area (Å²) in [4.78, 5) is 14.8. The van der Waals surface area contributed by atoms with Crippen molar-refractivity contribution < 1.29 is 37.1 Å². The lowest BCUT2D eigenvalue weighted by atomic mass is 9.89. The number of benzene rings is 2. The van der Waals surface area contributed by atoms with E-state index in [0.29, 0.717) is 24.8 Å². The highest BCUT2D eigenvalue weighted by molar-refractivity contribution is 7.85. The summed E-state index contributed by atoms with van der Waals surface area (Å²) in [5.41, 5.74) is -0.201. The van der Waals surface area contributed by atoms with Crippen molar-refractivity contribution in [2.75, 3.05) is 26.5 Å². The molecule has 35 heavy (non-hydrogen) atoms. The minimum absolute atomic E-state index is 0.0276. The van der Waals surface area contributed by atoms with Crippen molar-refractivity contribution in [1.82, 2.24) is 4.90 Å². The maximum atomic E-state index is 14.0. The number of halogens is 3. The highest BCUT2D eigenvalue weighted by Crippen LogP contribution is 2.44. The molecule has 2 heterocycles. The first-order valence-corrected chi connectivity index (χ1v) is 12.7. The fourth-order valence-electron chi connectivity index (χ4n) is 4.14. The van der Waals surface area contributed by atoms with Crippen LogP contribution in [0.5, 0.6) is 11.5 Å². The Kier molecular flexibility index (Phi) is 7.99. The minimum atomic E-state index is -3.67. The van der Waals surface area contributed by atoms with Gasteiger partial charge in [-0.1, -0.05) is 23.2 Å². The van der Waals surface area contributed by atoms with E-state index in [1.807, 2.05) is 11.9 Å². The van der Waals surface area contributed by atoms with Gasteiger partial charge in [0.1, 0.15) is 34.0 Å². The van der Waals surface area contributed by atoms with Crippen molar-refractivity contribution in [2.45, 2.75) is 18.4 Å². The lowest BCUT2D eigenvalue weighted by Gasteiger charge is -2.24. The highest BCUT2D eigenvalue weighted by Gasteiger charge is 2.36. The Morgan fingerprint density at radius 1 is 1.14 bits per heavy atom.